The molecule has 252 valence electrons. The van der Waals surface area contributed by atoms with Crippen molar-refractivity contribution in [2.24, 2.45) is 0 Å². The first-order valence-electron chi connectivity index (χ1n) is 18.0. The van der Waals surface area contributed by atoms with E-state index in [0.717, 1.165) is 72.5 Å². The summed E-state index contributed by atoms with van der Waals surface area (Å²) in [7, 11) is -7.94. The summed E-state index contributed by atoms with van der Waals surface area (Å²) in [6.07, 6.45) is -0.567. The van der Waals surface area contributed by atoms with E-state index in [0.29, 0.717) is 13.0 Å². The van der Waals surface area contributed by atoms with Gasteiger partial charge in [-0.25, -0.2) is 0 Å². The monoisotopic (exact) mass is 664 g/mol. The SMILES string of the molecule is CC[Si](CC)(CC)OCC1OC(CCO)[C@H](O[Si](CC)(CC)CC)C(O[Si](CC)(CC)CC)[C@@H]1O[Si](CC)(CC)CC. The standard InChI is InChI=1S/C32H72O6Si4/c1-13-39(14-2,15-3)34-27-29-31(37-41(19-7,20-8)21-9)32(38-42(22-10,23-11)24-12)30(28(35-29)25-26-33)36-40(16-4,17-5)18-6/h28-33H,13-27H2,1-12H3/t28?,29?,30-,31+,32?/m0/s1. The lowest BCUT2D eigenvalue weighted by Crippen LogP contribution is -2.67. The molecule has 1 heterocycles. The Hall–Kier alpha value is 0.628. The third-order valence-corrected chi connectivity index (χ3v) is 30.1. The molecule has 42 heavy (non-hydrogen) atoms. The van der Waals surface area contributed by atoms with Crippen molar-refractivity contribution in [1.82, 2.24) is 0 Å². The molecule has 0 aromatic heterocycles. The zero-order valence-corrected chi connectivity index (χ0v) is 34.0. The summed E-state index contributed by atoms with van der Waals surface area (Å²) in [6.45, 7) is 28.2. The Labute approximate surface area is 265 Å². The van der Waals surface area contributed by atoms with Crippen LogP contribution in [0.1, 0.15) is 89.5 Å². The second kappa shape index (κ2) is 19.3. The molecule has 1 fully saturated rings. The minimum atomic E-state index is -2.04. The molecule has 0 spiro atoms. The first-order valence-corrected chi connectivity index (χ1v) is 28.1. The molecule has 0 amide bonds. The van der Waals surface area contributed by atoms with Crippen molar-refractivity contribution >= 4 is 33.3 Å². The number of ether oxygens (including phenoxy) is 1. The molecule has 6 nitrogen and oxygen atoms in total. The average molecular weight is 665 g/mol. The number of hydrogen-bond donors (Lipinski definition) is 1. The summed E-state index contributed by atoms with van der Waals surface area (Å²) in [5.74, 6) is 0. The van der Waals surface area contributed by atoms with Gasteiger partial charge in [0.05, 0.1) is 18.8 Å². The fourth-order valence-electron chi connectivity index (χ4n) is 7.08. The highest BCUT2D eigenvalue weighted by molar-refractivity contribution is 6.75. The van der Waals surface area contributed by atoms with E-state index >= 15 is 0 Å². The maximum absolute atomic E-state index is 10.3. The van der Waals surface area contributed by atoms with Crippen LogP contribution in [0.5, 0.6) is 0 Å². The highest BCUT2D eigenvalue weighted by Crippen LogP contribution is 2.40. The second-order valence-electron chi connectivity index (χ2n) is 12.8. The zero-order chi connectivity index (χ0) is 32.0. The van der Waals surface area contributed by atoms with E-state index in [1.54, 1.807) is 0 Å². The van der Waals surface area contributed by atoms with Crippen LogP contribution < -0.4 is 0 Å². The topological polar surface area (TPSA) is 66.4 Å². The van der Waals surface area contributed by atoms with Gasteiger partial charge in [-0.2, -0.15) is 0 Å². The molecule has 1 saturated heterocycles. The summed E-state index contributed by atoms with van der Waals surface area (Å²) >= 11 is 0. The summed E-state index contributed by atoms with van der Waals surface area (Å²) in [4.78, 5) is 0. The van der Waals surface area contributed by atoms with Gasteiger partial charge in [0, 0.05) is 6.61 Å². The molecule has 0 radical (unpaired) electrons. The summed E-state index contributed by atoms with van der Waals surface area (Å²) in [5.41, 5.74) is 0. The normalized spacial score (nSPS) is 24.4. The number of aliphatic hydroxyl groups is 1. The molecule has 1 aliphatic rings. The van der Waals surface area contributed by atoms with E-state index in [1.807, 2.05) is 0 Å². The van der Waals surface area contributed by atoms with Gasteiger partial charge < -0.3 is 27.5 Å². The van der Waals surface area contributed by atoms with Crippen LogP contribution in [0.4, 0.5) is 0 Å². The molecule has 0 aliphatic carbocycles. The predicted octanol–water partition coefficient (Wildman–Crippen LogP) is 9.33. The Balaban J connectivity index is 3.87. The predicted molar refractivity (Wildman–Crippen MR) is 190 cm³/mol. The van der Waals surface area contributed by atoms with E-state index in [1.165, 1.54) is 0 Å². The van der Waals surface area contributed by atoms with Crippen molar-refractivity contribution in [3.05, 3.63) is 0 Å². The Bertz CT molecular complexity index is 680. The van der Waals surface area contributed by atoms with Crippen LogP contribution in [0.2, 0.25) is 72.5 Å². The van der Waals surface area contributed by atoms with Crippen molar-refractivity contribution in [1.29, 1.82) is 0 Å². The molecular weight excluding hydrogens is 593 g/mol. The van der Waals surface area contributed by atoms with Gasteiger partial charge in [0.25, 0.3) is 0 Å². The lowest BCUT2D eigenvalue weighted by molar-refractivity contribution is -0.218. The molecule has 0 aromatic rings. The van der Waals surface area contributed by atoms with Gasteiger partial charge in [-0.3, -0.25) is 0 Å². The summed E-state index contributed by atoms with van der Waals surface area (Å²) in [5, 5.41) is 10.3. The van der Waals surface area contributed by atoms with Gasteiger partial charge in [-0.15, -0.1) is 0 Å². The Morgan fingerprint density at radius 2 is 0.762 bits per heavy atom. The van der Waals surface area contributed by atoms with Gasteiger partial charge >= 0.3 is 0 Å². The highest BCUT2D eigenvalue weighted by atomic mass is 28.4. The second-order valence-corrected chi connectivity index (χ2v) is 31.7. The molecule has 1 aliphatic heterocycles. The highest BCUT2D eigenvalue weighted by Gasteiger charge is 2.54. The first-order chi connectivity index (χ1) is 20.0. The summed E-state index contributed by atoms with van der Waals surface area (Å²) in [6, 6.07) is 13.0. The molecule has 0 saturated carbocycles. The van der Waals surface area contributed by atoms with Crippen molar-refractivity contribution in [3.63, 3.8) is 0 Å². The van der Waals surface area contributed by atoms with Crippen molar-refractivity contribution in [3.8, 4) is 0 Å². The van der Waals surface area contributed by atoms with Gasteiger partial charge in [0.1, 0.15) is 18.3 Å². The fraction of sp³-hybridized carbons (Fsp3) is 1.00. The molecule has 0 bridgehead atoms. The third kappa shape index (κ3) is 9.81. The minimum absolute atomic E-state index is 0.0717. The van der Waals surface area contributed by atoms with Crippen LogP contribution in [-0.4, -0.2) is 82.1 Å². The van der Waals surface area contributed by atoms with E-state index in [2.05, 4.69) is 83.1 Å². The van der Waals surface area contributed by atoms with Crippen molar-refractivity contribution < 1.29 is 27.5 Å². The number of rotatable bonds is 23. The van der Waals surface area contributed by atoms with E-state index in [9.17, 15) is 5.11 Å². The molecule has 0 aromatic carbocycles. The van der Waals surface area contributed by atoms with Gasteiger partial charge in [0.2, 0.25) is 0 Å². The van der Waals surface area contributed by atoms with Gasteiger partial charge in [-0.05, 0) is 78.9 Å². The number of aliphatic hydroxyl groups excluding tert-OH is 1. The Morgan fingerprint density at radius 1 is 0.452 bits per heavy atom. The maximum atomic E-state index is 10.3. The Morgan fingerprint density at radius 3 is 1.07 bits per heavy atom. The Kier molecular flexibility index (Phi) is 18.7. The summed E-state index contributed by atoms with van der Waals surface area (Å²) < 4.78 is 36.4. The van der Waals surface area contributed by atoms with Crippen LogP contribution in [-0.2, 0) is 22.4 Å². The van der Waals surface area contributed by atoms with E-state index < -0.39 is 33.3 Å². The van der Waals surface area contributed by atoms with Crippen LogP contribution in [0.15, 0.2) is 0 Å². The molecule has 1 N–H and O–H groups in total. The van der Waals surface area contributed by atoms with Crippen LogP contribution in [0.25, 0.3) is 0 Å². The van der Waals surface area contributed by atoms with E-state index in [4.69, 9.17) is 22.4 Å². The quantitative estimate of drug-likeness (QED) is 0.110. The van der Waals surface area contributed by atoms with Crippen LogP contribution >= 0.6 is 0 Å². The average Bonchev–Trinajstić information content (AvgIpc) is 3.04. The van der Waals surface area contributed by atoms with Crippen LogP contribution in [0.3, 0.4) is 0 Å². The minimum Gasteiger partial charge on any atom is -0.414 e. The molecule has 1 rings (SSSR count). The van der Waals surface area contributed by atoms with Crippen molar-refractivity contribution in [2.45, 2.75) is 193 Å². The lowest BCUT2D eigenvalue weighted by Gasteiger charge is -2.53. The fourth-order valence-corrected chi connectivity index (χ4v) is 18.3. The molecule has 3 unspecified atom stereocenters. The molecule has 10 heteroatoms. The maximum Gasteiger partial charge on any atom is 0.192 e. The van der Waals surface area contributed by atoms with Crippen LogP contribution in [0, 0.1) is 0 Å². The lowest BCUT2D eigenvalue weighted by atomic mass is 9.94. The molecular formula is C32H72O6Si4. The first kappa shape index (κ1) is 40.7. The van der Waals surface area contributed by atoms with E-state index in [-0.39, 0.29) is 37.1 Å². The van der Waals surface area contributed by atoms with Gasteiger partial charge in [-0.1, -0.05) is 83.1 Å². The zero-order valence-electron chi connectivity index (χ0n) is 30.0. The largest absolute Gasteiger partial charge is 0.414 e. The molecule has 5 atom stereocenters. The van der Waals surface area contributed by atoms with Gasteiger partial charge in [0.15, 0.2) is 33.3 Å². The third-order valence-electron chi connectivity index (χ3n) is 11.6. The number of hydrogen-bond acceptors (Lipinski definition) is 6. The smallest absolute Gasteiger partial charge is 0.192 e. The van der Waals surface area contributed by atoms with Crippen molar-refractivity contribution in [2.75, 3.05) is 13.2 Å².